The fraction of sp³-hybridized carbons (Fsp3) is 0. The Morgan fingerprint density at radius 2 is 0.983 bits per heavy atom. The van der Waals surface area contributed by atoms with Gasteiger partial charge in [-0.2, -0.15) is 0 Å². The monoisotopic (exact) mass is 773 g/mol. The van der Waals surface area contributed by atoms with Crippen molar-refractivity contribution in [2.24, 2.45) is 0 Å². The number of furan rings is 2. The number of nitrogens with zero attached hydrogens (tertiary/aromatic N) is 3. The maximum Gasteiger partial charge on any atom is 0.164 e. The van der Waals surface area contributed by atoms with Gasteiger partial charge in [-0.3, -0.25) is 0 Å². The molecule has 0 aliphatic rings. The van der Waals surface area contributed by atoms with E-state index in [-0.39, 0.29) is 75.4 Å². The lowest BCUT2D eigenvalue weighted by molar-refractivity contribution is 0.669. The maximum absolute atomic E-state index is 9.41. The molecule has 0 fully saturated rings. The molecule has 0 radical (unpaired) electrons. The van der Waals surface area contributed by atoms with Crippen molar-refractivity contribution in [3.63, 3.8) is 0 Å². The first-order valence-corrected chi connectivity index (χ1v) is 19.6. The second-order valence-corrected chi connectivity index (χ2v) is 14.7. The smallest absolute Gasteiger partial charge is 0.164 e. The van der Waals surface area contributed by atoms with Gasteiger partial charge in [0.1, 0.15) is 22.3 Å². The molecule has 60 heavy (non-hydrogen) atoms. The van der Waals surface area contributed by atoms with Gasteiger partial charge in [0.05, 0.1) is 8.22 Å². The Bertz CT molecular complexity index is 3950. The Balaban J connectivity index is 1.09. The van der Waals surface area contributed by atoms with Gasteiger partial charge in [-0.1, -0.05) is 164 Å². The van der Waals surface area contributed by atoms with Crippen LogP contribution in [-0.4, -0.2) is 15.0 Å². The van der Waals surface area contributed by atoms with E-state index in [0.29, 0.717) is 33.3 Å². The molecule has 12 aromatic rings. The van der Waals surface area contributed by atoms with Gasteiger partial charge in [0, 0.05) is 43.6 Å². The van der Waals surface area contributed by atoms with Gasteiger partial charge in [-0.25, -0.2) is 15.0 Å². The fourth-order valence-corrected chi connectivity index (χ4v) is 8.21. The summed E-state index contributed by atoms with van der Waals surface area (Å²) in [5.74, 6) is 0.668. The summed E-state index contributed by atoms with van der Waals surface area (Å²) in [6, 6.07) is 51.9. The fourth-order valence-electron chi connectivity index (χ4n) is 8.21. The summed E-state index contributed by atoms with van der Waals surface area (Å²) < 4.78 is 66.5. The highest BCUT2D eigenvalue weighted by molar-refractivity contribution is 6.19. The van der Waals surface area contributed by atoms with Crippen molar-refractivity contribution < 1.29 is 17.1 Å². The summed E-state index contributed by atoms with van der Waals surface area (Å²) in [5.41, 5.74) is 9.49. The lowest BCUT2D eigenvalue weighted by Gasteiger charge is -2.11. The van der Waals surface area contributed by atoms with Crippen molar-refractivity contribution >= 4 is 54.6 Å². The quantitative estimate of drug-likeness (QED) is 0.168. The topological polar surface area (TPSA) is 65.0 Å². The van der Waals surface area contributed by atoms with E-state index in [1.54, 1.807) is 6.07 Å². The number of fused-ring (bicyclic) bond motifs is 8. The van der Waals surface area contributed by atoms with E-state index >= 15 is 0 Å². The van der Waals surface area contributed by atoms with E-state index in [1.807, 2.05) is 91.0 Å². The second kappa shape index (κ2) is 13.8. The average molecular weight is 774 g/mol. The molecule has 3 aromatic heterocycles. The summed E-state index contributed by atoms with van der Waals surface area (Å²) in [6.45, 7) is 0. The molecule has 0 bridgehead atoms. The lowest BCUT2D eigenvalue weighted by Crippen LogP contribution is -2.00. The second-order valence-electron chi connectivity index (χ2n) is 14.7. The van der Waals surface area contributed by atoms with Crippen LogP contribution in [0.25, 0.3) is 122 Å². The SMILES string of the molecule is [2H]c1cc2oc3c4ccc([2H])c([2H])c4c([2H])c([2H])c3c2c(-c2nc(-c3cccc(-c4ccc(-c5ccccc5)cc4)c3)nc(-c3ccc4c(c3)oc3cccc(-c5ccccc5)c34)n2)c1[2H]. The van der Waals surface area contributed by atoms with Gasteiger partial charge in [-0.15, -0.1) is 0 Å². The molecule has 9 aromatic carbocycles. The van der Waals surface area contributed by atoms with Gasteiger partial charge in [-0.05, 0) is 75.1 Å². The van der Waals surface area contributed by atoms with Crippen LogP contribution in [0.4, 0.5) is 0 Å². The molecular weight excluding hydrogens is 735 g/mol. The van der Waals surface area contributed by atoms with Crippen LogP contribution in [-0.2, 0) is 0 Å². The van der Waals surface area contributed by atoms with Crippen molar-refractivity contribution in [1.29, 1.82) is 0 Å². The minimum absolute atomic E-state index is 0.0733. The molecule has 0 aliphatic carbocycles. The van der Waals surface area contributed by atoms with Crippen LogP contribution < -0.4 is 0 Å². The van der Waals surface area contributed by atoms with Gasteiger partial charge in [0.25, 0.3) is 0 Å². The molecule has 0 N–H and O–H groups in total. The van der Waals surface area contributed by atoms with Gasteiger partial charge < -0.3 is 8.83 Å². The highest BCUT2D eigenvalue weighted by Gasteiger charge is 2.20. The summed E-state index contributed by atoms with van der Waals surface area (Å²) >= 11 is 0. The Morgan fingerprint density at radius 3 is 1.80 bits per heavy atom. The van der Waals surface area contributed by atoms with Crippen molar-refractivity contribution in [2.75, 3.05) is 0 Å². The lowest BCUT2D eigenvalue weighted by atomic mass is 9.99. The maximum atomic E-state index is 9.41. The third-order valence-electron chi connectivity index (χ3n) is 11.1. The molecule has 0 atom stereocenters. The molecule has 0 saturated heterocycles. The van der Waals surface area contributed by atoms with Crippen molar-refractivity contribution in [2.45, 2.75) is 0 Å². The van der Waals surface area contributed by atoms with Gasteiger partial charge in [0.15, 0.2) is 17.5 Å². The van der Waals surface area contributed by atoms with Gasteiger partial charge in [0.2, 0.25) is 0 Å². The Labute approximate surface area is 353 Å². The van der Waals surface area contributed by atoms with Crippen LogP contribution >= 0.6 is 0 Å². The van der Waals surface area contributed by atoms with Crippen LogP contribution in [0.3, 0.4) is 0 Å². The van der Waals surface area contributed by atoms with E-state index in [4.69, 9.17) is 29.3 Å². The molecule has 0 aliphatic heterocycles. The summed E-state index contributed by atoms with van der Waals surface area (Å²) in [6.07, 6.45) is 0. The average Bonchev–Trinajstić information content (AvgIpc) is 3.93. The molecule has 0 spiro atoms. The van der Waals surface area contributed by atoms with E-state index in [9.17, 15) is 2.74 Å². The zero-order valence-corrected chi connectivity index (χ0v) is 31.7. The Hall–Kier alpha value is -8.15. The highest BCUT2D eigenvalue weighted by Crippen LogP contribution is 2.41. The molecule has 12 rings (SSSR count). The number of aromatic nitrogens is 3. The first kappa shape index (κ1) is 28.3. The zero-order valence-electron chi connectivity index (χ0n) is 37.7. The first-order chi connectivity index (χ1) is 32.2. The normalized spacial score (nSPS) is 13.1. The van der Waals surface area contributed by atoms with E-state index in [1.165, 1.54) is 12.1 Å². The van der Waals surface area contributed by atoms with Crippen LogP contribution in [0.2, 0.25) is 0 Å². The van der Waals surface area contributed by atoms with Crippen LogP contribution in [0.5, 0.6) is 0 Å². The molecule has 5 nitrogen and oxygen atoms in total. The molecule has 0 amide bonds. The molecule has 3 heterocycles. The van der Waals surface area contributed by atoms with Crippen molar-refractivity contribution in [3.05, 3.63) is 200 Å². The van der Waals surface area contributed by atoms with Crippen molar-refractivity contribution in [3.8, 4) is 67.5 Å². The number of hydrogen-bond donors (Lipinski definition) is 0. The van der Waals surface area contributed by atoms with E-state index < -0.39 is 0 Å². The third-order valence-corrected chi connectivity index (χ3v) is 11.1. The first-order valence-electron chi connectivity index (χ1n) is 22.6. The van der Waals surface area contributed by atoms with Crippen molar-refractivity contribution in [1.82, 2.24) is 15.0 Å². The van der Waals surface area contributed by atoms with E-state index in [2.05, 4.69) is 54.6 Å². The Morgan fingerprint density at radius 1 is 0.350 bits per heavy atom. The molecular formula is C55H33N3O2. The number of benzene rings is 9. The largest absolute Gasteiger partial charge is 0.456 e. The van der Waals surface area contributed by atoms with Crippen LogP contribution in [0.15, 0.2) is 209 Å². The number of rotatable bonds is 6. The highest BCUT2D eigenvalue weighted by atomic mass is 16.3. The van der Waals surface area contributed by atoms with Gasteiger partial charge >= 0.3 is 0 Å². The molecule has 0 saturated carbocycles. The van der Waals surface area contributed by atoms with Crippen LogP contribution in [0, 0.1) is 0 Å². The third kappa shape index (κ3) is 5.67. The zero-order chi connectivity index (χ0) is 44.8. The number of hydrogen-bond acceptors (Lipinski definition) is 5. The minimum atomic E-state index is -0.244. The molecule has 0 unspecified atom stereocenters. The Kier molecular flexibility index (Phi) is 6.48. The van der Waals surface area contributed by atoms with Crippen LogP contribution in [0.1, 0.15) is 8.22 Å². The molecule has 280 valence electrons. The summed E-state index contributed by atoms with van der Waals surface area (Å²) in [5, 5.41) is 2.93. The predicted octanol–water partition coefficient (Wildman–Crippen LogP) is 14.8. The predicted molar refractivity (Wildman–Crippen MR) is 245 cm³/mol. The van der Waals surface area contributed by atoms with E-state index in [0.717, 1.165) is 49.7 Å². The molecule has 5 heteroatoms. The minimum Gasteiger partial charge on any atom is -0.456 e. The summed E-state index contributed by atoms with van der Waals surface area (Å²) in [7, 11) is 0. The standard InChI is InChI=1S/C55H33N3O2/c1-3-12-34(13-4-1)35-24-26-36(27-25-35)39-17-9-18-40(32-39)53-56-54(41-29-30-44-49(33-41)59-47-22-10-20-42(50(44)47)37-14-5-2-6-15-37)58-55(57-53)46-21-11-23-48-51(46)45-31-28-38-16-7-8-19-43(38)52(45)60-48/h1-33H/i7D,11D,16D,21D,28D,31D. The summed E-state index contributed by atoms with van der Waals surface area (Å²) in [4.78, 5) is 15.2.